The van der Waals surface area contributed by atoms with Gasteiger partial charge in [0.05, 0.1) is 25.0 Å². The first-order valence-electron chi connectivity index (χ1n) is 8.49. The van der Waals surface area contributed by atoms with Gasteiger partial charge >= 0.3 is 0 Å². The van der Waals surface area contributed by atoms with Gasteiger partial charge in [0.15, 0.2) is 5.75 Å². The number of aromatic nitrogens is 3. The lowest BCUT2D eigenvalue weighted by atomic mass is 10.1. The van der Waals surface area contributed by atoms with E-state index in [0.29, 0.717) is 5.75 Å². The molecule has 0 amide bonds. The Hall–Kier alpha value is -2.73. The number of piperazine rings is 1. The van der Waals surface area contributed by atoms with Crippen molar-refractivity contribution in [2.45, 2.75) is 6.54 Å². The number of anilines is 1. The largest absolute Gasteiger partial charge is 0.494 e. The summed E-state index contributed by atoms with van der Waals surface area (Å²) in [6, 6.07) is 10.6. The van der Waals surface area contributed by atoms with Crippen molar-refractivity contribution in [2.24, 2.45) is 0 Å². The second-order valence-electron chi connectivity index (χ2n) is 6.22. The third-order valence-electron chi connectivity index (χ3n) is 4.58. The number of ether oxygens (including phenoxy) is 1. The van der Waals surface area contributed by atoms with E-state index >= 15 is 0 Å². The van der Waals surface area contributed by atoms with E-state index in [0.717, 1.165) is 44.2 Å². The molecule has 1 aliphatic rings. The summed E-state index contributed by atoms with van der Waals surface area (Å²) in [6.45, 7) is 4.83. The van der Waals surface area contributed by atoms with E-state index in [9.17, 15) is 0 Å². The Bertz CT molecular complexity index is 844. The van der Waals surface area contributed by atoms with Crippen LogP contribution in [0.5, 0.6) is 5.75 Å². The number of benzene rings is 1. The van der Waals surface area contributed by atoms with E-state index in [2.05, 4.69) is 49.0 Å². The van der Waals surface area contributed by atoms with Gasteiger partial charge < -0.3 is 9.64 Å². The van der Waals surface area contributed by atoms with E-state index in [1.54, 1.807) is 19.5 Å². The summed E-state index contributed by atoms with van der Waals surface area (Å²) in [4.78, 5) is 17.8. The zero-order valence-electron chi connectivity index (χ0n) is 14.3. The minimum Gasteiger partial charge on any atom is -0.494 e. The van der Waals surface area contributed by atoms with Crippen molar-refractivity contribution in [3.63, 3.8) is 0 Å². The Morgan fingerprint density at radius 3 is 2.56 bits per heavy atom. The van der Waals surface area contributed by atoms with Gasteiger partial charge in [0.1, 0.15) is 0 Å². The molecule has 1 fully saturated rings. The van der Waals surface area contributed by atoms with Crippen LogP contribution in [-0.4, -0.2) is 53.1 Å². The molecular formula is C19H21N5O. The van der Waals surface area contributed by atoms with Crippen molar-refractivity contribution in [3.05, 3.63) is 54.5 Å². The highest BCUT2D eigenvalue weighted by atomic mass is 16.5. The van der Waals surface area contributed by atoms with Crippen LogP contribution in [0, 0.1) is 0 Å². The number of nitrogens with zero attached hydrogens (tertiary/aromatic N) is 5. The Kier molecular flexibility index (Phi) is 4.43. The summed E-state index contributed by atoms with van der Waals surface area (Å²) in [7, 11) is 1.62. The monoisotopic (exact) mass is 335 g/mol. The predicted octanol–water partition coefficient (Wildman–Crippen LogP) is 2.36. The molecule has 128 valence electrons. The van der Waals surface area contributed by atoms with Gasteiger partial charge in [-0.2, -0.15) is 0 Å². The number of hydrogen-bond acceptors (Lipinski definition) is 6. The number of fused-ring (bicyclic) bond motifs is 1. The summed E-state index contributed by atoms with van der Waals surface area (Å²) in [5.74, 6) is 1.46. The minimum atomic E-state index is 0.688. The predicted molar refractivity (Wildman–Crippen MR) is 97.8 cm³/mol. The molecule has 6 nitrogen and oxygen atoms in total. The number of hydrogen-bond donors (Lipinski definition) is 0. The van der Waals surface area contributed by atoms with Crippen LogP contribution in [0.4, 0.5) is 5.95 Å². The molecule has 2 aromatic heterocycles. The molecule has 4 rings (SSSR count). The van der Waals surface area contributed by atoms with Gasteiger partial charge in [-0.05, 0) is 23.8 Å². The lowest BCUT2D eigenvalue weighted by Crippen LogP contribution is -2.46. The molecule has 0 radical (unpaired) electrons. The maximum absolute atomic E-state index is 5.11. The van der Waals surface area contributed by atoms with Crippen molar-refractivity contribution < 1.29 is 4.74 Å². The highest BCUT2D eigenvalue weighted by Gasteiger charge is 2.19. The van der Waals surface area contributed by atoms with Crippen molar-refractivity contribution in [3.8, 4) is 5.75 Å². The van der Waals surface area contributed by atoms with Crippen LogP contribution in [0.1, 0.15) is 5.56 Å². The number of pyridine rings is 1. The third-order valence-corrected chi connectivity index (χ3v) is 4.58. The molecule has 1 aliphatic heterocycles. The average Bonchev–Trinajstić information content (AvgIpc) is 2.69. The molecule has 1 aromatic carbocycles. The molecule has 0 atom stereocenters. The Morgan fingerprint density at radius 2 is 1.80 bits per heavy atom. The summed E-state index contributed by atoms with van der Waals surface area (Å²) >= 11 is 0. The second-order valence-corrected chi connectivity index (χ2v) is 6.22. The molecule has 0 unspecified atom stereocenters. The van der Waals surface area contributed by atoms with Crippen molar-refractivity contribution in [2.75, 3.05) is 38.2 Å². The van der Waals surface area contributed by atoms with Gasteiger partial charge in [0, 0.05) is 44.3 Å². The van der Waals surface area contributed by atoms with Gasteiger partial charge in [-0.25, -0.2) is 9.97 Å². The maximum Gasteiger partial charge on any atom is 0.225 e. The van der Waals surface area contributed by atoms with Crippen LogP contribution in [0.25, 0.3) is 10.9 Å². The molecule has 0 saturated carbocycles. The number of rotatable bonds is 4. The average molecular weight is 335 g/mol. The highest BCUT2D eigenvalue weighted by Crippen LogP contribution is 2.17. The molecule has 0 spiro atoms. The minimum absolute atomic E-state index is 0.688. The van der Waals surface area contributed by atoms with E-state index in [4.69, 9.17) is 4.74 Å². The molecule has 0 N–H and O–H groups in total. The van der Waals surface area contributed by atoms with Crippen molar-refractivity contribution in [1.82, 2.24) is 19.9 Å². The Balaban J connectivity index is 1.37. The van der Waals surface area contributed by atoms with E-state index in [1.165, 1.54) is 10.9 Å². The molecule has 0 bridgehead atoms. The molecule has 25 heavy (non-hydrogen) atoms. The molecule has 6 heteroatoms. The highest BCUT2D eigenvalue weighted by molar-refractivity contribution is 5.78. The fraction of sp³-hybridized carbons (Fsp3) is 0.316. The summed E-state index contributed by atoms with van der Waals surface area (Å²) in [6.07, 6.45) is 5.28. The first-order chi connectivity index (χ1) is 12.3. The van der Waals surface area contributed by atoms with Crippen LogP contribution in [-0.2, 0) is 6.54 Å². The molecule has 1 saturated heterocycles. The zero-order valence-corrected chi connectivity index (χ0v) is 14.3. The number of methoxy groups -OCH3 is 1. The first-order valence-corrected chi connectivity index (χ1v) is 8.49. The molecule has 3 heterocycles. The lowest BCUT2D eigenvalue weighted by Gasteiger charge is -2.34. The van der Waals surface area contributed by atoms with Gasteiger partial charge in [0.2, 0.25) is 5.95 Å². The van der Waals surface area contributed by atoms with Gasteiger partial charge in [-0.3, -0.25) is 9.88 Å². The van der Waals surface area contributed by atoms with Gasteiger partial charge in [0.25, 0.3) is 0 Å². The van der Waals surface area contributed by atoms with Crippen molar-refractivity contribution in [1.29, 1.82) is 0 Å². The van der Waals surface area contributed by atoms with Crippen molar-refractivity contribution >= 4 is 16.9 Å². The van der Waals surface area contributed by atoms with Gasteiger partial charge in [-0.1, -0.05) is 12.1 Å². The summed E-state index contributed by atoms with van der Waals surface area (Å²) < 4.78 is 5.11. The van der Waals surface area contributed by atoms with Gasteiger partial charge in [-0.15, -0.1) is 0 Å². The zero-order chi connectivity index (χ0) is 17.1. The van der Waals surface area contributed by atoms with E-state index in [-0.39, 0.29) is 0 Å². The fourth-order valence-electron chi connectivity index (χ4n) is 3.17. The fourth-order valence-corrected chi connectivity index (χ4v) is 3.17. The standard InChI is InChI=1S/C19H21N5O/c1-25-17-12-21-19(22-13-17)24-9-7-23(8-10-24)14-15-4-5-18-16(11-15)3-2-6-20-18/h2-6,11-13H,7-10,14H2,1H3. The Labute approximate surface area is 147 Å². The van der Waals surface area contributed by atoms with Crippen LogP contribution >= 0.6 is 0 Å². The van der Waals surface area contributed by atoms with E-state index < -0.39 is 0 Å². The van der Waals surface area contributed by atoms with Crippen LogP contribution in [0.3, 0.4) is 0 Å². The topological polar surface area (TPSA) is 54.4 Å². The van der Waals surface area contributed by atoms with Crippen LogP contribution in [0.2, 0.25) is 0 Å². The maximum atomic E-state index is 5.11. The SMILES string of the molecule is COc1cnc(N2CCN(Cc3ccc4ncccc4c3)CC2)nc1. The second kappa shape index (κ2) is 7.03. The van der Waals surface area contributed by atoms with Crippen LogP contribution in [0.15, 0.2) is 48.9 Å². The Morgan fingerprint density at radius 1 is 1.00 bits per heavy atom. The summed E-state index contributed by atoms with van der Waals surface area (Å²) in [5, 5.41) is 1.20. The molecule has 0 aliphatic carbocycles. The van der Waals surface area contributed by atoms with Crippen LogP contribution < -0.4 is 9.64 Å². The third kappa shape index (κ3) is 3.53. The quantitative estimate of drug-likeness (QED) is 0.729. The first kappa shape index (κ1) is 15.8. The smallest absolute Gasteiger partial charge is 0.225 e. The normalized spacial score (nSPS) is 15.5. The van der Waals surface area contributed by atoms with E-state index in [1.807, 2.05) is 12.3 Å². The molecule has 3 aromatic rings. The molecular weight excluding hydrogens is 314 g/mol. The lowest BCUT2D eigenvalue weighted by molar-refractivity contribution is 0.248. The summed E-state index contributed by atoms with van der Waals surface area (Å²) in [5.41, 5.74) is 2.38.